The third-order valence-electron chi connectivity index (χ3n) is 3.16. The zero-order valence-electron chi connectivity index (χ0n) is 11.8. The molecule has 1 atom stereocenters. The van der Waals surface area contributed by atoms with E-state index < -0.39 is 6.10 Å². The van der Waals surface area contributed by atoms with Gasteiger partial charge in [-0.1, -0.05) is 13.3 Å². The van der Waals surface area contributed by atoms with E-state index in [1.807, 2.05) is 31.2 Å². The molecule has 3 nitrogen and oxygen atoms in total. The van der Waals surface area contributed by atoms with Crippen LogP contribution in [0.1, 0.15) is 44.1 Å². The standard InChI is InChI=1S/C16H21NO2/c1-4-5-8-19-13-6-7-16-15(10-13)14(12(3)18)9-11(2)17-16/h6-7,9-10,12,18H,4-5,8H2,1-3H3. The summed E-state index contributed by atoms with van der Waals surface area (Å²) in [6.07, 6.45) is 1.66. The minimum absolute atomic E-state index is 0.505. The molecular formula is C16H21NO2. The average molecular weight is 259 g/mol. The first-order valence-corrected chi connectivity index (χ1v) is 6.84. The Morgan fingerprint density at radius 1 is 1.32 bits per heavy atom. The molecule has 102 valence electrons. The molecule has 0 aliphatic rings. The molecule has 0 amide bonds. The highest BCUT2D eigenvalue weighted by atomic mass is 16.5. The van der Waals surface area contributed by atoms with E-state index in [-0.39, 0.29) is 0 Å². The molecule has 3 heteroatoms. The van der Waals surface area contributed by atoms with Crippen molar-refractivity contribution in [3.8, 4) is 5.75 Å². The summed E-state index contributed by atoms with van der Waals surface area (Å²) in [5.74, 6) is 0.841. The number of hydrogen-bond donors (Lipinski definition) is 1. The lowest BCUT2D eigenvalue weighted by Gasteiger charge is -2.12. The molecule has 1 unspecified atom stereocenters. The number of fused-ring (bicyclic) bond motifs is 1. The van der Waals surface area contributed by atoms with Crippen LogP contribution >= 0.6 is 0 Å². The number of benzene rings is 1. The fraction of sp³-hybridized carbons (Fsp3) is 0.438. The summed E-state index contributed by atoms with van der Waals surface area (Å²) in [6.45, 7) is 6.59. The molecule has 0 spiro atoms. The third kappa shape index (κ3) is 3.24. The predicted molar refractivity (Wildman–Crippen MR) is 77.5 cm³/mol. The molecular weight excluding hydrogens is 238 g/mol. The van der Waals surface area contributed by atoms with Gasteiger partial charge in [-0.05, 0) is 50.1 Å². The normalized spacial score (nSPS) is 12.6. The van der Waals surface area contributed by atoms with Gasteiger partial charge in [-0.3, -0.25) is 4.98 Å². The lowest BCUT2D eigenvalue weighted by molar-refractivity contribution is 0.200. The summed E-state index contributed by atoms with van der Waals surface area (Å²) < 4.78 is 5.71. The molecule has 2 rings (SSSR count). The SMILES string of the molecule is CCCCOc1ccc2nc(C)cc(C(C)O)c2c1. The molecule has 0 radical (unpaired) electrons. The first-order valence-electron chi connectivity index (χ1n) is 6.84. The summed E-state index contributed by atoms with van der Waals surface area (Å²) in [6, 6.07) is 7.80. The number of hydrogen-bond acceptors (Lipinski definition) is 3. The van der Waals surface area contributed by atoms with E-state index in [1.54, 1.807) is 6.92 Å². The van der Waals surface area contributed by atoms with Gasteiger partial charge in [0.2, 0.25) is 0 Å². The first-order chi connectivity index (χ1) is 9.11. The van der Waals surface area contributed by atoms with Crippen molar-refractivity contribution in [2.45, 2.75) is 39.7 Å². The van der Waals surface area contributed by atoms with Crippen LogP contribution in [0.25, 0.3) is 10.9 Å². The number of aliphatic hydroxyl groups is 1. The first kappa shape index (κ1) is 13.8. The van der Waals surface area contributed by atoms with E-state index in [9.17, 15) is 5.11 Å². The van der Waals surface area contributed by atoms with E-state index in [1.165, 1.54) is 0 Å². The summed E-state index contributed by atoms with van der Waals surface area (Å²) >= 11 is 0. The summed E-state index contributed by atoms with van der Waals surface area (Å²) in [5.41, 5.74) is 2.73. The molecule has 0 saturated heterocycles. The molecule has 1 heterocycles. The van der Waals surface area contributed by atoms with Gasteiger partial charge >= 0.3 is 0 Å². The fourth-order valence-corrected chi connectivity index (χ4v) is 2.14. The van der Waals surface area contributed by atoms with E-state index in [2.05, 4.69) is 11.9 Å². The number of aryl methyl sites for hydroxylation is 1. The molecule has 0 saturated carbocycles. The number of nitrogens with zero attached hydrogens (tertiary/aromatic N) is 1. The number of aliphatic hydroxyl groups excluding tert-OH is 1. The average Bonchev–Trinajstić information content (AvgIpc) is 2.38. The maximum Gasteiger partial charge on any atom is 0.120 e. The molecule has 1 aromatic heterocycles. The molecule has 0 aliphatic carbocycles. The van der Waals surface area contributed by atoms with Gasteiger partial charge in [0.15, 0.2) is 0 Å². The van der Waals surface area contributed by atoms with Gasteiger partial charge in [0.25, 0.3) is 0 Å². The van der Waals surface area contributed by atoms with Gasteiger partial charge in [0, 0.05) is 11.1 Å². The Hall–Kier alpha value is -1.61. The Kier molecular flexibility index (Phi) is 4.38. The zero-order valence-corrected chi connectivity index (χ0v) is 11.8. The second-order valence-corrected chi connectivity index (χ2v) is 4.91. The quantitative estimate of drug-likeness (QED) is 0.831. The number of unbranched alkanes of at least 4 members (excludes halogenated alkanes) is 1. The van der Waals surface area contributed by atoms with Crippen LogP contribution in [0.4, 0.5) is 0 Å². The number of aromatic nitrogens is 1. The maximum atomic E-state index is 9.88. The van der Waals surface area contributed by atoms with Crippen molar-refractivity contribution in [1.29, 1.82) is 0 Å². The topological polar surface area (TPSA) is 42.4 Å². The van der Waals surface area contributed by atoms with Crippen LogP contribution < -0.4 is 4.74 Å². The van der Waals surface area contributed by atoms with Crippen molar-refractivity contribution in [1.82, 2.24) is 4.98 Å². The van der Waals surface area contributed by atoms with Gasteiger partial charge in [-0.25, -0.2) is 0 Å². The fourth-order valence-electron chi connectivity index (χ4n) is 2.14. The van der Waals surface area contributed by atoms with E-state index in [4.69, 9.17) is 4.74 Å². The smallest absolute Gasteiger partial charge is 0.120 e. The van der Waals surface area contributed by atoms with Crippen LogP contribution in [0.15, 0.2) is 24.3 Å². The Balaban J connectivity index is 2.39. The second-order valence-electron chi connectivity index (χ2n) is 4.91. The van der Waals surface area contributed by atoms with Crippen molar-refractivity contribution < 1.29 is 9.84 Å². The molecule has 19 heavy (non-hydrogen) atoms. The Morgan fingerprint density at radius 2 is 2.11 bits per heavy atom. The Labute approximate surface area is 114 Å². The highest BCUT2D eigenvalue weighted by Gasteiger charge is 2.09. The largest absolute Gasteiger partial charge is 0.494 e. The summed E-state index contributed by atoms with van der Waals surface area (Å²) in [7, 11) is 0. The number of rotatable bonds is 5. The van der Waals surface area contributed by atoms with Crippen LogP contribution in [0.5, 0.6) is 5.75 Å². The molecule has 0 fully saturated rings. The van der Waals surface area contributed by atoms with E-state index >= 15 is 0 Å². The molecule has 1 N–H and O–H groups in total. The molecule has 1 aromatic carbocycles. The Bertz CT molecular complexity index is 564. The predicted octanol–water partition coefficient (Wildman–Crippen LogP) is 3.78. The van der Waals surface area contributed by atoms with Gasteiger partial charge < -0.3 is 9.84 Å². The number of ether oxygens (including phenoxy) is 1. The van der Waals surface area contributed by atoms with Gasteiger partial charge in [0.1, 0.15) is 5.75 Å². The van der Waals surface area contributed by atoms with Gasteiger partial charge in [0.05, 0.1) is 18.2 Å². The van der Waals surface area contributed by atoms with Crippen molar-refractivity contribution in [2.24, 2.45) is 0 Å². The molecule has 2 aromatic rings. The molecule has 0 bridgehead atoms. The minimum atomic E-state index is -0.505. The van der Waals surface area contributed by atoms with Crippen LogP contribution in [0.3, 0.4) is 0 Å². The third-order valence-corrected chi connectivity index (χ3v) is 3.16. The maximum absolute atomic E-state index is 9.88. The van der Waals surface area contributed by atoms with Gasteiger partial charge in [-0.2, -0.15) is 0 Å². The van der Waals surface area contributed by atoms with Crippen molar-refractivity contribution in [3.05, 3.63) is 35.5 Å². The highest BCUT2D eigenvalue weighted by molar-refractivity contribution is 5.84. The van der Waals surface area contributed by atoms with Crippen molar-refractivity contribution in [2.75, 3.05) is 6.61 Å². The van der Waals surface area contributed by atoms with Crippen LogP contribution in [0, 0.1) is 6.92 Å². The number of pyridine rings is 1. The van der Waals surface area contributed by atoms with Crippen LogP contribution in [-0.2, 0) is 0 Å². The van der Waals surface area contributed by atoms with Crippen molar-refractivity contribution >= 4 is 10.9 Å². The van der Waals surface area contributed by atoms with Crippen LogP contribution in [0.2, 0.25) is 0 Å². The van der Waals surface area contributed by atoms with Crippen LogP contribution in [-0.4, -0.2) is 16.7 Å². The summed E-state index contributed by atoms with van der Waals surface area (Å²) in [4.78, 5) is 4.49. The highest BCUT2D eigenvalue weighted by Crippen LogP contribution is 2.27. The lowest BCUT2D eigenvalue weighted by atomic mass is 10.0. The zero-order chi connectivity index (χ0) is 13.8. The monoisotopic (exact) mass is 259 g/mol. The van der Waals surface area contributed by atoms with Gasteiger partial charge in [-0.15, -0.1) is 0 Å². The van der Waals surface area contributed by atoms with Crippen molar-refractivity contribution in [3.63, 3.8) is 0 Å². The minimum Gasteiger partial charge on any atom is -0.494 e. The molecule has 0 aliphatic heterocycles. The van der Waals surface area contributed by atoms with E-state index in [0.29, 0.717) is 0 Å². The Morgan fingerprint density at radius 3 is 2.79 bits per heavy atom. The van der Waals surface area contributed by atoms with E-state index in [0.717, 1.165) is 47.4 Å². The lowest BCUT2D eigenvalue weighted by Crippen LogP contribution is -1.99. The second kappa shape index (κ2) is 6.02. The summed E-state index contributed by atoms with van der Waals surface area (Å²) in [5, 5.41) is 10.8.